The molecule has 1 amide bonds. The zero-order valence-corrected chi connectivity index (χ0v) is 12.2. The van der Waals surface area contributed by atoms with Crippen LogP contribution in [-0.2, 0) is 19.0 Å². The van der Waals surface area contributed by atoms with Crippen LogP contribution in [0.1, 0.15) is 17.9 Å². The fourth-order valence-corrected chi connectivity index (χ4v) is 2.71. The zero-order valence-electron chi connectivity index (χ0n) is 12.2. The van der Waals surface area contributed by atoms with E-state index in [9.17, 15) is 9.59 Å². The highest BCUT2D eigenvalue weighted by atomic mass is 16.6. The molecule has 0 aromatic heterocycles. The number of carbonyl (C=O) groups excluding carboxylic acids is 2. The molecule has 6 nitrogen and oxygen atoms in total. The summed E-state index contributed by atoms with van der Waals surface area (Å²) in [6, 6.07) is 9.79. The SMILES string of the molecule is COC(=O)C1=C[C@H](c2ccccc2)C[C@H](N2CCOC2=O)O1. The van der Waals surface area contributed by atoms with Crippen LogP contribution in [0.4, 0.5) is 4.79 Å². The summed E-state index contributed by atoms with van der Waals surface area (Å²) >= 11 is 0. The summed E-state index contributed by atoms with van der Waals surface area (Å²) in [4.78, 5) is 25.1. The van der Waals surface area contributed by atoms with Crippen LogP contribution in [0.15, 0.2) is 42.2 Å². The topological polar surface area (TPSA) is 65.1 Å². The molecule has 22 heavy (non-hydrogen) atoms. The number of cyclic esters (lactones) is 1. The lowest BCUT2D eigenvalue weighted by Gasteiger charge is -2.33. The summed E-state index contributed by atoms with van der Waals surface area (Å²) in [5.41, 5.74) is 1.06. The minimum atomic E-state index is -0.543. The van der Waals surface area contributed by atoms with Crippen LogP contribution in [0.3, 0.4) is 0 Å². The Labute approximate surface area is 128 Å². The van der Waals surface area contributed by atoms with Gasteiger partial charge in [-0.25, -0.2) is 9.59 Å². The van der Waals surface area contributed by atoms with E-state index in [-0.39, 0.29) is 11.7 Å². The second-order valence-corrected chi connectivity index (χ2v) is 5.16. The van der Waals surface area contributed by atoms with E-state index in [2.05, 4.69) is 0 Å². The number of hydrogen-bond acceptors (Lipinski definition) is 5. The van der Waals surface area contributed by atoms with Crippen molar-refractivity contribution in [1.82, 2.24) is 4.90 Å². The fraction of sp³-hybridized carbons (Fsp3) is 0.375. The summed E-state index contributed by atoms with van der Waals surface area (Å²) in [6.45, 7) is 0.797. The lowest BCUT2D eigenvalue weighted by Crippen LogP contribution is -2.41. The first-order valence-electron chi connectivity index (χ1n) is 7.14. The highest BCUT2D eigenvalue weighted by Gasteiger charge is 2.37. The van der Waals surface area contributed by atoms with Gasteiger partial charge in [-0.15, -0.1) is 0 Å². The van der Waals surface area contributed by atoms with Gasteiger partial charge in [0.2, 0.25) is 5.76 Å². The second-order valence-electron chi connectivity index (χ2n) is 5.16. The van der Waals surface area contributed by atoms with E-state index in [1.54, 1.807) is 6.08 Å². The van der Waals surface area contributed by atoms with Gasteiger partial charge in [-0.3, -0.25) is 4.90 Å². The number of carbonyl (C=O) groups is 2. The summed E-state index contributed by atoms with van der Waals surface area (Å²) in [5.74, 6) is -0.437. The van der Waals surface area contributed by atoms with E-state index in [1.807, 2.05) is 30.3 Å². The van der Waals surface area contributed by atoms with Crippen LogP contribution in [0, 0.1) is 0 Å². The Kier molecular flexibility index (Phi) is 4.00. The number of hydrogen-bond donors (Lipinski definition) is 0. The van der Waals surface area contributed by atoms with Gasteiger partial charge < -0.3 is 14.2 Å². The number of esters is 1. The van der Waals surface area contributed by atoms with Crippen molar-refractivity contribution < 1.29 is 23.8 Å². The molecule has 2 atom stereocenters. The van der Waals surface area contributed by atoms with E-state index < -0.39 is 18.3 Å². The minimum absolute atomic E-state index is 0.0255. The zero-order chi connectivity index (χ0) is 15.5. The van der Waals surface area contributed by atoms with Crippen molar-refractivity contribution in [3.63, 3.8) is 0 Å². The van der Waals surface area contributed by atoms with Crippen molar-refractivity contribution in [2.24, 2.45) is 0 Å². The van der Waals surface area contributed by atoms with E-state index in [0.717, 1.165) is 5.56 Å². The average Bonchev–Trinajstić information content (AvgIpc) is 3.00. The van der Waals surface area contributed by atoms with Crippen LogP contribution < -0.4 is 0 Å². The summed E-state index contributed by atoms with van der Waals surface area (Å²) in [7, 11) is 1.30. The third-order valence-corrected chi connectivity index (χ3v) is 3.83. The van der Waals surface area contributed by atoms with E-state index >= 15 is 0 Å². The van der Waals surface area contributed by atoms with Gasteiger partial charge in [0.05, 0.1) is 13.7 Å². The first kappa shape index (κ1) is 14.4. The molecule has 0 spiro atoms. The molecule has 1 saturated heterocycles. The summed E-state index contributed by atoms with van der Waals surface area (Å²) in [6.07, 6.45) is 1.38. The van der Waals surface area contributed by atoms with E-state index in [0.29, 0.717) is 19.6 Å². The summed E-state index contributed by atoms with van der Waals surface area (Å²) in [5, 5.41) is 0. The Bertz CT molecular complexity index is 598. The van der Waals surface area contributed by atoms with Gasteiger partial charge in [0.15, 0.2) is 6.23 Å². The molecule has 6 heteroatoms. The van der Waals surface area contributed by atoms with E-state index in [4.69, 9.17) is 14.2 Å². The number of methoxy groups -OCH3 is 1. The smallest absolute Gasteiger partial charge is 0.412 e. The highest BCUT2D eigenvalue weighted by molar-refractivity contribution is 5.86. The molecule has 0 radical (unpaired) electrons. The fourth-order valence-electron chi connectivity index (χ4n) is 2.71. The van der Waals surface area contributed by atoms with Crippen molar-refractivity contribution >= 4 is 12.1 Å². The number of ether oxygens (including phenoxy) is 3. The lowest BCUT2D eigenvalue weighted by atomic mass is 9.92. The normalized spacial score (nSPS) is 24.3. The predicted octanol–water partition coefficient (Wildman–Crippen LogP) is 2.03. The summed E-state index contributed by atoms with van der Waals surface area (Å²) < 4.78 is 15.4. The van der Waals surface area contributed by atoms with Gasteiger partial charge in [0.25, 0.3) is 0 Å². The van der Waals surface area contributed by atoms with Crippen molar-refractivity contribution in [2.75, 3.05) is 20.3 Å². The maximum absolute atomic E-state index is 11.8. The molecule has 1 fully saturated rings. The Morgan fingerprint density at radius 1 is 1.32 bits per heavy atom. The predicted molar refractivity (Wildman–Crippen MR) is 76.8 cm³/mol. The Morgan fingerprint density at radius 3 is 2.73 bits per heavy atom. The molecule has 1 aromatic rings. The van der Waals surface area contributed by atoms with Crippen molar-refractivity contribution in [3.05, 3.63) is 47.7 Å². The standard InChI is InChI=1S/C16H17NO5/c1-20-15(18)13-9-12(11-5-3-2-4-6-11)10-14(22-13)17-7-8-21-16(17)19/h2-6,9,12,14H,7-8,10H2,1H3/t12-,14+/m0/s1. The van der Waals surface area contributed by atoms with Crippen LogP contribution in [0.5, 0.6) is 0 Å². The highest BCUT2D eigenvalue weighted by Crippen LogP contribution is 2.33. The molecule has 0 aliphatic carbocycles. The Morgan fingerprint density at radius 2 is 2.09 bits per heavy atom. The number of benzene rings is 1. The molecule has 3 rings (SSSR count). The van der Waals surface area contributed by atoms with Crippen LogP contribution in [-0.4, -0.2) is 43.5 Å². The first-order valence-corrected chi connectivity index (χ1v) is 7.14. The number of nitrogens with zero attached hydrogens (tertiary/aromatic N) is 1. The second kappa shape index (κ2) is 6.09. The van der Waals surface area contributed by atoms with Crippen molar-refractivity contribution in [1.29, 1.82) is 0 Å². The molecule has 116 valence electrons. The molecular formula is C16H17NO5. The molecule has 0 unspecified atom stereocenters. The number of amides is 1. The maximum Gasteiger partial charge on any atom is 0.412 e. The Balaban J connectivity index is 1.88. The molecular weight excluding hydrogens is 286 g/mol. The Hall–Kier alpha value is -2.50. The van der Waals surface area contributed by atoms with Crippen LogP contribution >= 0.6 is 0 Å². The average molecular weight is 303 g/mol. The number of allylic oxidation sites excluding steroid dienone is 1. The molecule has 0 N–H and O–H groups in total. The van der Waals surface area contributed by atoms with Gasteiger partial charge in [-0.2, -0.15) is 0 Å². The van der Waals surface area contributed by atoms with Gasteiger partial charge >= 0.3 is 12.1 Å². The third-order valence-electron chi connectivity index (χ3n) is 3.83. The van der Waals surface area contributed by atoms with Gasteiger partial charge in [-0.05, 0) is 11.6 Å². The molecule has 1 aromatic carbocycles. The largest absolute Gasteiger partial charge is 0.463 e. The lowest BCUT2D eigenvalue weighted by molar-refractivity contribution is -0.144. The first-order chi connectivity index (χ1) is 10.7. The molecule has 2 heterocycles. The number of rotatable bonds is 3. The van der Waals surface area contributed by atoms with Crippen molar-refractivity contribution in [2.45, 2.75) is 18.6 Å². The molecule has 2 aliphatic heterocycles. The molecule has 0 saturated carbocycles. The monoisotopic (exact) mass is 303 g/mol. The van der Waals surface area contributed by atoms with Gasteiger partial charge in [0.1, 0.15) is 6.61 Å². The third kappa shape index (κ3) is 2.77. The van der Waals surface area contributed by atoms with E-state index in [1.165, 1.54) is 12.0 Å². The van der Waals surface area contributed by atoms with Crippen LogP contribution in [0.25, 0.3) is 0 Å². The van der Waals surface area contributed by atoms with Crippen LogP contribution in [0.2, 0.25) is 0 Å². The van der Waals surface area contributed by atoms with Gasteiger partial charge in [0, 0.05) is 12.3 Å². The quantitative estimate of drug-likeness (QED) is 0.799. The van der Waals surface area contributed by atoms with Gasteiger partial charge in [-0.1, -0.05) is 30.3 Å². The molecule has 2 aliphatic rings. The van der Waals surface area contributed by atoms with Crippen molar-refractivity contribution in [3.8, 4) is 0 Å². The molecule has 0 bridgehead atoms. The minimum Gasteiger partial charge on any atom is -0.463 e. The maximum atomic E-state index is 11.8.